The summed E-state index contributed by atoms with van der Waals surface area (Å²) in [5.74, 6) is 0.542. The first-order valence-corrected chi connectivity index (χ1v) is 6.43. The summed E-state index contributed by atoms with van der Waals surface area (Å²) in [5, 5.41) is 0. The number of halogens is 1. The number of rotatable bonds is 4. The van der Waals surface area contributed by atoms with Crippen LogP contribution in [0.4, 0.5) is 0 Å². The van der Waals surface area contributed by atoms with Crippen LogP contribution in [0.2, 0.25) is 0 Å². The highest BCUT2D eigenvalue weighted by atomic mass is 35.5. The number of hydrogen-bond donors (Lipinski definition) is 0. The van der Waals surface area contributed by atoms with Crippen molar-refractivity contribution in [3.63, 3.8) is 0 Å². The molecule has 0 spiro atoms. The molecule has 1 heterocycles. The summed E-state index contributed by atoms with van der Waals surface area (Å²) < 4.78 is 29.7. The Kier molecular flexibility index (Phi) is 4.45. The number of ether oxygens (including phenoxy) is 1. The average Bonchev–Trinajstić information content (AvgIpc) is 2.16. The third-order valence-corrected chi connectivity index (χ3v) is 4.12. The topological polar surface area (TPSA) is 46.6 Å². The fourth-order valence-electron chi connectivity index (χ4n) is 1.19. The van der Waals surface area contributed by atoms with Gasteiger partial charge in [0.25, 0.3) is 0 Å². The van der Waals surface area contributed by atoms with Gasteiger partial charge in [0, 0.05) is 19.0 Å². The van der Waals surface area contributed by atoms with Crippen molar-refractivity contribution >= 4 is 21.6 Å². The fourth-order valence-corrected chi connectivity index (χ4v) is 2.96. The second-order valence-electron chi connectivity index (χ2n) is 2.87. The van der Waals surface area contributed by atoms with Gasteiger partial charge in [0.1, 0.15) is 0 Å². The van der Waals surface area contributed by atoms with Crippen LogP contribution in [0.5, 0.6) is 0 Å². The average molecular weight is 228 g/mol. The molecule has 1 aliphatic heterocycles. The first-order chi connectivity index (χ1) is 6.17. The maximum Gasteiger partial charge on any atom is 0.214 e. The van der Waals surface area contributed by atoms with E-state index in [1.54, 1.807) is 0 Å². The van der Waals surface area contributed by atoms with E-state index in [9.17, 15) is 8.42 Å². The van der Waals surface area contributed by atoms with Crippen LogP contribution in [0.3, 0.4) is 0 Å². The van der Waals surface area contributed by atoms with Crippen LogP contribution in [0, 0.1) is 0 Å². The zero-order valence-electron chi connectivity index (χ0n) is 7.41. The van der Waals surface area contributed by atoms with Crippen molar-refractivity contribution in [2.45, 2.75) is 6.42 Å². The van der Waals surface area contributed by atoms with Crippen molar-refractivity contribution in [1.29, 1.82) is 0 Å². The van der Waals surface area contributed by atoms with Gasteiger partial charge in [-0.25, -0.2) is 8.42 Å². The van der Waals surface area contributed by atoms with Crippen molar-refractivity contribution in [2.75, 3.05) is 37.9 Å². The molecule has 1 fully saturated rings. The molecule has 1 saturated heterocycles. The van der Waals surface area contributed by atoms with Gasteiger partial charge in [-0.2, -0.15) is 4.31 Å². The molecule has 0 saturated carbocycles. The van der Waals surface area contributed by atoms with Crippen molar-refractivity contribution in [2.24, 2.45) is 0 Å². The van der Waals surface area contributed by atoms with Crippen LogP contribution in [-0.4, -0.2) is 50.7 Å². The van der Waals surface area contributed by atoms with Gasteiger partial charge in [-0.3, -0.25) is 0 Å². The van der Waals surface area contributed by atoms with Crippen molar-refractivity contribution < 1.29 is 13.2 Å². The van der Waals surface area contributed by atoms with Gasteiger partial charge < -0.3 is 4.74 Å². The summed E-state index contributed by atoms with van der Waals surface area (Å²) in [7, 11) is -3.08. The summed E-state index contributed by atoms with van der Waals surface area (Å²) in [6, 6.07) is 0. The molecule has 4 nitrogen and oxygen atoms in total. The summed E-state index contributed by atoms with van der Waals surface area (Å²) in [4.78, 5) is 0. The summed E-state index contributed by atoms with van der Waals surface area (Å²) in [6.07, 6.45) is 0.515. The molecule has 0 bridgehead atoms. The minimum absolute atomic E-state index is 0.149. The van der Waals surface area contributed by atoms with E-state index in [1.165, 1.54) is 4.31 Å². The zero-order chi connectivity index (χ0) is 9.73. The van der Waals surface area contributed by atoms with Crippen LogP contribution in [0.25, 0.3) is 0 Å². The van der Waals surface area contributed by atoms with Gasteiger partial charge >= 0.3 is 0 Å². The van der Waals surface area contributed by atoms with Gasteiger partial charge in [0.15, 0.2) is 0 Å². The Labute approximate surface area is 83.9 Å². The molecular weight excluding hydrogens is 214 g/mol. The van der Waals surface area contributed by atoms with Gasteiger partial charge in [0.2, 0.25) is 10.0 Å². The number of nitrogens with zero attached hydrogens (tertiary/aromatic N) is 1. The molecule has 0 unspecified atom stereocenters. The smallest absolute Gasteiger partial charge is 0.214 e. The molecule has 0 aliphatic carbocycles. The number of sulfonamides is 1. The largest absolute Gasteiger partial charge is 0.379 e. The normalized spacial score (nSPS) is 20.4. The fraction of sp³-hybridized carbons (Fsp3) is 1.00. The second kappa shape index (κ2) is 5.14. The molecule has 0 atom stereocenters. The molecule has 1 aliphatic rings. The standard InChI is InChI=1S/C7H14ClNO3S/c8-2-1-7-13(10,11)9-3-5-12-6-4-9/h1-7H2. The van der Waals surface area contributed by atoms with Crippen LogP contribution in [-0.2, 0) is 14.8 Å². The molecule has 0 amide bonds. The molecule has 0 aromatic rings. The van der Waals surface area contributed by atoms with Crippen molar-refractivity contribution in [3.05, 3.63) is 0 Å². The molecule has 13 heavy (non-hydrogen) atoms. The van der Waals surface area contributed by atoms with E-state index in [2.05, 4.69) is 0 Å². The van der Waals surface area contributed by atoms with Crippen LogP contribution >= 0.6 is 11.6 Å². The first kappa shape index (κ1) is 11.2. The van der Waals surface area contributed by atoms with Crippen molar-refractivity contribution in [1.82, 2.24) is 4.31 Å². The number of alkyl halides is 1. The van der Waals surface area contributed by atoms with Gasteiger partial charge in [-0.05, 0) is 6.42 Å². The molecular formula is C7H14ClNO3S. The predicted octanol–water partition coefficient (Wildman–Crippen LogP) is 0.277. The van der Waals surface area contributed by atoms with Gasteiger partial charge in [-0.15, -0.1) is 11.6 Å². The highest BCUT2D eigenvalue weighted by Gasteiger charge is 2.23. The first-order valence-electron chi connectivity index (χ1n) is 4.28. The minimum Gasteiger partial charge on any atom is -0.379 e. The van der Waals surface area contributed by atoms with Crippen LogP contribution < -0.4 is 0 Å². The third-order valence-electron chi connectivity index (χ3n) is 1.90. The predicted molar refractivity (Wildman–Crippen MR) is 51.5 cm³/mol. The monoisotopic (exact) mass is 227 g/mol. The third kappa shape index (κ3) is 3.42. The van der Waals surface area contributed by atoms with E-state index in [0.29, 0.717) is 38.6 Å². The van der Waals surface area contributed by atoms with Crippen LogP contribution in [0.1, 0.15) is 6.42 Å². The van der Waals surface area contributed by atoms with Crippen molar-refractivity contribution in [3.8, 4) is 0 Å². The Hall–Kier alpha value is 0.160. The Morgan fingerprint density at radius 3 is 2.46 bits per heavy atom. The number of morpholine rings is 1. The van der Waals surface area contributed by atoms with E-state index in [1.807, 2.05) is 0 Å². The summed E-state index contributed by atoms with van der Waals surface area (Å²) in [6.45, 7) is 1.95. The highest BCUT2D eigenvalue weighted by molar-refractivity contribution is 7.89. The highest BCUT2D eigenvalue weighted by Crippen LogP contribution is 2.06. The van der Waals surface area contributed by atoms with E-state index in [4.69, 9.17) is 16.3 Å². The Balaban J connectivity index is 2.47. The SMILES string of the molecule is O=S(=O)(CCCCl)N1CCOCC1. The maximum atomic E-state index is 11.6. The van der Waals surface area contributed by atoms with E-state index < -0.39 is 10.0 Å². The quantitative estimate of drug-likeness (QED) is 0.648. The second-order valence-corrected chi connectivity index (χ2v) is 5.34. The summed E-state index contributed by atoms with van der Waals surface area (Å²) in [5.41, 5.74) is 0. The van der Waals surface area contributed by atoms with Gasteiger partial charge in [-0.1, -0.05) is 0 Å². The minimum atomic E-state index is -3.08. The Morgan fingerprint density at radius 1 is 1.31 bits per heavy atom. The van der Waals surface area contributed by atoms with Gasteiger partial charge in [0.05, 0.1) is 19.0 Å². The zero-order valence-corrected chi connectivity index (χ0v) is 8.98. The van der Waals surface area contributed by atoms with E-state index >= 15 is 0 Å². The summed E-state index contributed by atoms with van der Waals surface area (Å²) >= 11 is 5.44. The molecule has 1 rings (SSSR count). The lowest BCUT2D eigenvalue weighted by molar-refractivity contribution is 0.0730. The molecule has 0 N–H and O–H groups in total. The molecule has 0 radical (unpaired) electrons. The Bertz CT molecular complexity index is 236. The lowest BCUT2D eigenvalue weighted by Gasteiger charge is -2.25. The molecule has 0 aromatic heterocycles. The lowest BCUT2D eigenvalue weighted by atomic mass is 10.5. The van der Waals surface area contributed by atoms with E-state index in [0.717, 1.165) is 0 Å². The number of hydrogen-bond acceptors (Lipinski definition) is 3. The maximum absolute atomic E-state index is 11.6. The van der Waals surface area contributed by atoms with E-state index in [-0.39, 0.29) is 5.75 Å². The Morgan fingerprint density at radius 2 is 1.92 bits per heavy atom. The molecule has 6 heteroatoms. The molecule has 0 aromatic carbocycles. The van der Waals surface area contributed by atoms with Crippen LogP contribution in [0.15, 0.2) is 0 Å². The lowest BCUT2D eigenvalue weighted by Crippen LogP contribution is -2.41. The molecule has 78 valence electrons.